The van der Waals surface area contributed by atoms with Crippen molar-refractivity contribution in [1.82, 2.24) is 10.6 Å². The molecule has 1 aromatic rings. The van der Waals surface area contributed by atoms with E-state index in [2.05, 4.69) is 10.6 Å². The van der Waals surface area contributed by atoms with E-state index in [9.17, 15) is 4.79 Å². The molecule has 0 bridgehead atoms. The standard InChI is InChI=1S/C10H14N2O2/c1-6-3-4-9(14-6)8-5-11-10(13)7(2)12-8/h3-4,7-8,12H,5H2,1-2H3,(H,11,13)/t7-,8?/m1/s1. The highest BCUT2D eigenvalue weighted by Gasteiger charge is 2.26. The molecule has 1 saturated heterocycles. The van der Waals surface area contributed by atoms with E-state index in [1.54, 1.807) is 0 Å². The van der Waals surface area contributed by atoms with Gasteiger partial charge in [0, 0.05) is 6.54 Å². The van der Waals surface area contributed by atoms with Gasteiger partial charge in [0.15, 0.2) is 0 Å². The summed E-state index contributed by atoms with van der Waals surface area (Å²) in [5.41, 5.74) is 0. The van der Waals surface area contributed by atoms with Crippen LogP contribution in [0.1, 0.15) is 24.5 Å². The molecule has 4 heteroatoms. The van der Waals surface area contributed by atoms with Crippen molar-refractivity contribution in [3.8, 4) is 0 Å². The van der Waals surface area contributed by atoms with Gasteiger partial charge in [-0.2, -0.15) is 0 Å². The molecule has 1 aliphatic heterocycles. The average Bonchev–Trinajstić information content (AvgIpc) is 2.57. The van der Waals surface area contributed by atoms with Crippen molar-refractivity contribution in [3.05, 3.63) is 23.7 Å². The third kappa shape index (κ3) is 1.65. The highest BCUT2D eigenvalue weighted by Crippen LogP contribution is 2.18. The largest absolute Gasteiger partial charge is 0.465 e. The molecule has 4 nitrogen and oxygen atoms in total. The molecule has 0 saturated carbocycles. The van der Waals surface area contributed by atoms with Crippen LogP contribution >= 0.6 is 0 Å². The summed E-state index contributed by atoms with van der Waals surface area (Å²) in [7, 11) is 0. The third-order valence-electron chi connectivity index (χ3n) is 2.43. The van der Waals surface area contributed by atoms with Crippen molar-refractivity contribution in [1.29, 1.82) is 0 Å². The monoisotopic (exact) mass is 194 g/mol. The van der Waals surface area contributed by atoms with Crippen LogP contribution in [-0.4, -0.2) is 18.5 Å². The lowest BCUT2D eigenvalue weighted by Gasteiger charge is -2.27. The number of aryl methyl sites for hydroxylation is 1. The molecular formula is C10H14N2O2. The Balaban J connectivity index is 2.10. The molecule has 76 valence electrons. The highest BCUT2D eigenvalue weighted by molar-refractivity contribution is 5.82. The summed E-state index contributed by atoms with van der Waals surface area (Å²) in [5, 5.41) is 6.02. The Morgan fingerprint density at radius 3 is 2.86 bits per heavy atom. The first-order valence-corrected chi connectivity index (χ1v) is 4.77. The summed E-state index contributed by atoms with van der Waals surface area (Å²) in [6.07, 6.45) is 0. The Morgan fingerprint density at radius 1 is 1.50 bits per heavy atom. The molecule has 1 aliphatic rings. The zero-order chi connectivity index (χ0) is 10.1. The van der Waals surface area contributed by atoms with Gasteiger partial charge in [-0.05, 0) is 26.0 Å². The van der Waals surface area contributed by atoms with Crippen molar-refractivity contribution in [2.75, 3.05) is 6.54 Å². The first-order chi connectivity index (χ1) is 6.66. The Kier molecular flexibility index (Phi) is 2.29. The van der Waals surface area contributed by atoms with Crippen molar-refractivity contribution >= 4 is 5.91 Å². The van der Waals surface area contributed by atoms with E-state index >= 15 is 0 Å². The molecule has 1 unspecified atom stereocenters. The predicted octanol–water partition coefficient (Wildman–Crippen LogP) is 0.737. The van der Waals surface area contributed by atoms with E-state index in [4.69, 9.17) is 4.42 Å². The molecule has 2 N–H and O–H groups in total. The van der Waals surface area contributed by atoms with Crippen molar-refractivity contribution < 1.29 is 9.21 Å². The number of carbonyl (C=O) groups excluding carboxylic acids is 1. The van der Waals surface area contributed by atoms with Crippen LogP contribution in [0.2, 0.25) is 0 Å². The van der Waals surface area contributed by atoms with E-state index in [1.807, 2.05) is 26.0 Å². The van der Waals surface area contributed by atoms with Crippen LogP contribution in [-0.2, 0) is 4.79 Å². The van der Waals surface area contributed by atoms with E-state index in [-0.39, 0.29) is 18.0 Å². The lowest BCUT2D eigenvalue weighted by Crippen LogP contribution is -2.52. The van der Waals surface area contributed by atoms with Gasteiger partial charge in [0.05, 0.1) is 12.1 Å². The average molecular weight is 194 g/mol. The summed E-state index contributed by atoms with van der Waals surface area (Å²) in [4.78, 5) is 11.2. The number of piperazine rings is 1. The summed E-state index contributed by atoms with van der Waals surface area (Å²) in [6, 6.07) is 3.81. The van der Waals surface area contributed by atoms with Crippen molar-refractivity contribution in [2.45, 2.75) is 25.9 Å². The highest BCUT2D eigenvalue weighted by atomic mass is 16.3. The molecule has 0 spiro atoms. The first-order valence-electron chi connectivity index (χ1n) is 4.77. The zero-order valence-corrected chi connectivity index (χ0v) is 8.33. The number of furan rings is 1. The minimum Gasteiger partial charge on any atom is -0.465 e. The fourth-order valence-electron chi connectivity index (χ4n) is 1.62. The van der Waals surface area contributed by atoms with Gasteiger partial charge in [-0.25, -0.2) is 0 Å². The lowest BCUT2D eigenvalue weighted by atomic mass is 10.1. The molecule has 0 aromatic carbocycles. The van der Waals surface area contributed by atoms with Gasteiger partial charge >= 0.3 is 0 Å². The molecule has 0 radical (unpaired) electrons. The summed E-state index contributed by atoms with van der Waals surface area (Å²) < 4.78 is 5.49. The minimum atomic E-state index is -0.154. The molecule has 14 heavy (non-hydrogen) atoms. The fourth-order valence-corrected chi connectivity index (χ4v) is 1.62. The normalized spacial score (nSPS) is 27.4. The second-order valence-electron chi connectivity index (χ2n) is 3.63. The van der Waals surface area contributed by atoms with E-state index in [1.165, 1.54) is 0 Å². The van der Waals surface area contributed by atoms with Crippen LogP contribution in [0.5, 0.6) is 0 Å². The Hall–Kier alpha value is -1.29. The lowest BCUT2D eigenvalue weighted by molar-refractivity contribution is -0.124. The minimum absolute atomic E-state index is 0.0459. The number of hydrogen-bond acceptors (Lipinski definition) is 3. The maximum atomic E-state index is 11.2. The van der Waals surface area contributed by atoms with E-state index in [0.717, 1.165) is 11.5 Å². The first kappa shape index (κ1) is 9.27. The topological polar surface area (TPSA) is 54.3 Å². The molecule has 1 aromatic heterocycles. The fraction of sp³-hybridized carbons (Fsp3) is 0.500. The van der Waals surface area contributed by atoms with Crippen LogP contribution in [0.4, 0.5) is 0 Å². The maximum Gasteiger partial charge on any atom is 0.236 e. The SMILES string of the molecule is Cc1ccc(C2CNC(=O)[C@@H](C)N2)o1. The number of nitrogens with one attached hydrogen (secondary N) is 2. The molecule has 2 rings (SSSR count). The van der Waals surface area contributed by atoms with Crippen LogP contribution in [0.25, 0.3) is 0 Å². The molecule has 2 heterocycles. The quantitative estimate of drug-likeness (QED) is 0.693. The van der Waals surface area contributed by atoms with Crippen LogP contribution in [0.15, 0.2) is 16.5 Å². The molecule has 1 fully saturated rings. The number of rotatable bonds is 1. The number of amides is 1. The Morgan fingerprint density at radius 2 is 2.29 bits per heavy atom. The van der Waals surface area contributed by atoms with E-state index < -0.39 is 0 Å². The second-order valence-corrected chi connectivity index (χ2v) is 3.63. The van der Waals surface area contributed by atoms with Crippen molar-refractivity contribution in [2.24, 2.45) is 0 Å². The van der Waals surface area contributed by atoms with Gasteiger partial charge in [0.2, 0.25) is 5.91 Å². The van der Waals surface area contributed by atoms with Gasteiger partial charge < -0.3 is 9.73 Å². The van der Waals surface area contributed by atoms with Gasteiger partial charge in [0.1, 0.15) is 11.5 Å². The molecule has 0 aliphatic carbocycles. The summed E-state index contributed by atoms with van der Waals surface area (Å²) in [6.45, 7) is 4.35. The zero-order valence-electron chi connectivity index (χ0n) is 8.33. The molecular weight excluding hydrogens is 180 g/mol. The molecule has 2 atom stereocenters. The Labute approximate surface area is 82.7 Å². The van der Waals surface area contributed by atoms with Crippen LogP contribution in [0, 0.1) is 6.92 Å². The van der Waals surface area contributed by atoms with Crippen LogP contribution in [0.3, 0.4) is 0 Å². The second kappa shape index (κ2) is 3.46. The van der Waals surface area contributed by atoms with Crippen LogP contribution < -0.4 is 10.6 Å². The van der Waals surface area contributed by atoms with E-state index in [0.29, 0.717) is 6.54 Å². The summed E-state index contributed by atoms with van der Waals surface area (Å²) in [5.74, 6) is 1.82. The van der Waals surface area contributed by atoms with Gasteiger partial charge in [-0.15, -0.1) is 0 Å². The maximum absolute atomic E-state index is 11.2. The molecule has 1 amide bonds. The number of hydrogen-bond donors (Lipinski definition) is 2. The van der Waals surface area contributed by atoms with Gasteiger partial charge in [0.25, 0.3) is 0 Å². The smallest absolute Gasteiger partial charge is 0.236 e. The van der Waals surface area contributed by atoms with Gasteiger partial charge in [-0.3, -0.25) is 10.1 Å². The summed E-state index contributed by atoms with van der Waals surface area (Å²) >= 11 is 0. The Bertz CT molecular complexity index is 346. The number of carbonyl (C=O) groups is 1. The van der Waals surface area contributed by atoms with Crippen molar-refractivity contribution in [3.63, 3.8) is 0 Å². The predicted molar refractivity (Wildman–Crippen MR) is 51.8 cm³/mol. The van der Waals surface area contributed by atoms with Gasteiger partial charge in [-0.1, -0.05) is 0 Å². The third-order valence-corrected chi connectivity index (χ3v) is 2.43.